The molecule has 33 heavy (non-hydrogen) atoms. The molecule has 0 unspecified atom stereocenters. The van der Waals surface area contributed by atoms with Crippen LogP contribution >= 0.6 is 11.8 Å². The van der Waals surface area contributed by atoms with Crippen LogP contribution in [0.15, 0.2) is 58.5 Å². The predicted molar refractivity (Wildman–Crippen MR) is 131 cm³/mol. The smallest absolute Gasteiger partial charge is 0.295 e. The first-order valence-electron chi connectivity index (χ1n) is 10.5. The number of thioether (sulfide) groups is 1. The van der Waals surface area contributed by atoms with Crippen LogP contribution in [0, 0.1) is 27.7 Å². The molecule has 0 aliphatic rings. The van der Waals surface area contributed by atoms with Gasteiger partial charge in [-0.3, -0.25) is 18.8 Å². The summed E-state index contributed by atoms with van der Waals surface area (Å²) in [5, 5.41) is 11.9. The molecule has 2 aromatic heterocycles. The lowest BCUT2D eigenvalue weighted by Gasteiger charge is -2.12. The van der Waals surface area contributed by atoms with Gasteiger partial charge in [0, 0.05) is 7.05 Å². The van der Waals surface area contributed by atoms with Crippen LogP contribution in [0.4, 0.5) is 5.69 Å². The maximum absolute atomic E-state index is 13.0. The van der Waals surface area contributed by atoms with Crippen molar-refractivity contribution in [2.24, 2.45) is 7.05 Å². The van der Waals surface area contributed by atoms with Gasteiger partial charge in [0.15, 0.2) is 5.16 Å². The Morgan fingerprint density at radius 1 is 1.03 bits per heavy atom. The number of carbonyl (C=O) groups is 1. The maximum atomic E-state index is 13.0. The molecule has 0 spiro atoms. The first kappa shape index (κ1) is 22.6. The van der Waals surface area contributed by atoms with Crippen molar-refractivity contribution >= 4 is 23.4 Å². The summed E-state index contributed by atoms with van der Waals surface area (Å²) < 4.78 is 5.23. The van der Waals surface area contributed by atoms with E-state index >= 15 is 0 Å². The quantitative estimate of drug-likeness (QED) is 0.441. The van der Waals surface area contributed by atoms with Crippen molar-refractivity contribution in [3.63, 3.8) is 0 Å². The van der Waals surface area contributed by atoms with Crippen molar-refractivity contribution in [1.29, 1.82) is 0 Å². The first-order chi connectivity index (χ1) is 15.8. The molecule has 2 aromatic carbocycles. The van der Waals surface area contributed by atoms with Gasteiger partial charge in [0.1, 0.15) is 11.5 Å². The Hall–Kier alpha value is -3.59. The van der Waals surface area contributed by atoms with Crippen LogP contribution in [0.3, 0.4) is 0 Å². The molecule has 9 heteroatoms. The fourth-order valence-corrected chi connectivity index (χ4v) is 4.48. The summed E-state index contributed by atoms with van der Waals surface area (Å²) in [5.41, 5.74) is 4.64. The number of aryl methyl sites for hydroxylation is 3. The molecule has 4 aromatic rings. The van der Waals surface area contributed by atoms with Gasteiger partial charge in [0.05, 0.1) is 22.8 Å². The fourth-order valence-electron chi connectivity index (χ4n) is 3.69. The molecule has 1 amide bonds. The number of nitrogens with zero attached hydrogens (tertiary/aromatic N) is 5. The third kappa shape index (κ3) is 4.36. The number of anilines is 1. The van der Waals surface area contributed by atoms with Gasteiger partial charge in [-0.2, -0.15) is 0 Å². The molecule has 0 bridgehead atoms. The molecule has 0 aliphatic carbocycles. The second-order valence-electron chi connectivity index (χ2n) is 7.93. The highest BCUT2D eigenvalue weighted by Crippen LogP contribution is 2.25. The molecule has 0 atom stereocenters. The second kappa shape index (κ2) is 9.11. The number of nitrogens with one attached hydrogen (secondary N) is 1. The number of aromatic nitrogens is 5. The highest BCUT2D eigenvalue weighted by Gasteiger charge is 2.19. The second-order valence-corrected chi connectivity index (χ2v) is 8.87. The number of para-hydroxylation sites is 1. The monoisotopic (exact) mass is 462 g/mol. The van der Waals surface area contributed by atoms with E-state index in [-0.39, 0.29) is 22.9 Å². The lowest BCUT2D eigenvalue weighted by atomic mass is 10.1. The summed E-state index contributed by atoms with van der Waals surface area (Å²) in [6.07, 6.45) is 0. The van der Waals surface area contributed by atoms with Crippen LogP contribution in [-0.2, 0) is 11.8 Å². The van der Waals surface area contributed by atoms with Gasteiger partial charge in [-0.1, -0.05) is 42.1 Å². The van der Waals surface area contributed by atoms with E-state index in [4.69, 9.17) is 0 Å². The zero-order chi connectivity index (χ0) is 23.7. The summed E-state index contributed by atoms with van der Waals surface area (Å²) in [7, 11) is 1.80. The van der Waals surface area contributed by atoms with E-state index in [1.807, 2.05) is 62.6 Å². The summed E-state index contributed by atoms with van der Waals surface area (Å²) in [6.45, 7) is 7.76. The fraction of sp³-hybridized carbons (Fsp3) is 0.250. The molecule has 170 valence electrons. The molecule has 0 saturated heterocycles. The molecule has 4 rings (SSSR count). The molecule has 2 heterocycles. The van der Waals surface area contributed by atoms with Gasteiger partial charge in [-0.15, -0.1) is 10.2 Å². The molecule has 0 saturated carbocycles. The van der Waals surface area contributed by atoms with E-state index in [1.165, 1.54) is 11.8 Å². The average molecular weight is 463 g/mol. The van der Waals surface area contributed by atoms with Crippen molar-refractivity contribution in [2.45, 2.75) is 32.9 Å². The van der Waals surface area contributed by atoms with Crippen LogP contribution in [0.1, 0.15) is 22.6 Å². The van der Waals surface area contributed by atoms with Crippen molar-refractivity contribution in [2.75, 3.05) is 11.1 Å². The Morgan fingerprint density at radius 3 is 2.48 bits per heavy atom. The third-order valence-corrected chi connectivity index (χ3v) is 6.48. The van der Waals surface area contributed by atoms with Gasteiger partial charge in [0.25, 0.3) is 5.56 Å². The molecular weight excluding hydrogens is 436 g/mol. The van der Waals surface area contributed by atoms with E-state index in [2.05, 4.69) is 33.7 Å². The van der Waals surface area contributed by atoms with Gasteiger partial charge < -0.3 is 5.32 Å². The number of hydrogen-bond acceptors (Lipinski definition) is 5. The molecule has 0 fully saturated rings. The van der Waals surface area contributed by atoms with Crippen molar-refractivity contribution < 1.29 is 4.79 Å². The number of rotatable bonds is 6. The summed E-state index contributed by atoms with van der Waals surface area (Å²) in [4.78, 5) is 25.8. The topological polar surface area (TPSA) is 86.7 Å². The SMILES string of the molecule is Cc1ccc(C)c(-n2c(C)nnc2SCC(=O)Nc2c(C)n(C)n(-c3ccccc3)c2=O)c1. The van der Waals surface area contributed by atoms with Crippen LogP contribution in [0.25, 0.3) is 11.4 Å². The van der Waals surface area contributed by atoms with Crippen molar-refractivity contribution in [3.8, 4) is 11.4 Å². The standard InChI is InChI=1S/C24H26N6O2S/c1-15-11-12-16(2)20(13-15)29-18(4)26-27-24(29)33-14-21(31)25-22-17(3)28(5)30(23(22)32)19-9-7-6-8-10-19/h6-13H,14H2,1-5H3,(H,25,31). The van der Waals surface area contributed by atoms with Crippen LogP contribution < -0.4 is 10.9 Å². The molecule has 0 aliphatic heterocycles. The number of benzene rings is 2. The van der Waals surface area contributed by atoms with Gasteiger partial charge in [-0.05, 0) is 57.0 Å². The summed E-state index contributed by atoms with van der Waals surface area (Å²) in [6, 6.07) is 15.5. The van der Waals surface area contributed by atoms with Gasteiger partial charge in [0.2, 0.25) is 5.91 Å². The van der Waals surface area contributed by atoms with Gasteiger partial charge >= 0.3 is 0 Å². The first-order valence-corrected chi connectivity index (χ1v) is 11.5. The van der Waals surface area contributed by atoms with E-state index in [9.17, 15) is 9.59 Å². The predicted octanol–water partition coefficient (Wildman–Crippen LogP) is 3.72. The molecule has 8 nitrogen and oxygen atoms in total. The number of carbonyl (C=O) groups excluding carboxylic acids is 1. The highest BCUT2D eigenvalue weighted by molar-refractivity contribution is 7.99. The van der Waals surface area contributed by atoms with Crippen LogP contribution in [0.5, 0.6) is 0 Å². The highest BCUT2D eigenvalue weighted by atomic mass is 32.2. The van der Waals surface area contributed by atoms with Crippen molar-refractivity contribution in [1.82, 2.24) is 24.1 Å². The van der Waals surface area contributed by atoms with E-state index in [0.29, 0.717) is 10.9 Å². The minimum Gasteiger partial charge on any atom is -0.319 e. The normalized spacial score (nSPS) is 11.1. The molecule has 0 radical (unpaired) electrons. The molecular formula is C24H26N6O2S. The summed E-state index contributed by atoms with van der Waals surface area (Å²) in [5.74, 6) is 0.567. The van der Waals surface area contributed by atoms with E-state index in [1.54, 1.807) is 16.4 Å². The molecule has 1 N–H and O–H groups in total. The number of hydrogen-bond donors (Lipinski definition) is 1. The van der Waals surface area contributed by atoms with Gasteiger partial charge in [-0.25, -0.2) is 4.68 Å². The Morgan fingerprint density at radius 2 is 1.76 bits per heavy atom. The van der Waals surface area contributed by atoms with E-state index in [0.717, 1.165) is 28.3 Å². The maximum Gasteiger partial charge on any atom is 0.295 e. The zero-order valence-corrected chi connectivity index (χ0v) is 20.1. The zero-order valence-electron chi connectivity index (χ0n) is 19.3. The van der Waals surface area contributed by atoms with Crippen molar-refractivity contribution in [3.05, 3.63) is 81.5 Å². The van der Waals surface area contributed by atoms with Crippen LogP contribution in [0.2, 0.25) is 0 Å². The Bertz CT molecular complexity index is 1380. The Balaban J connectivity index is 1.54. The number of amides is 1. The van der Waals surface area contributed by atoms with E-state index < -0.39 is 0 Å². The summed E-state index contributed by atoms with van der Waals surface area (Å²) >= 11 is 1.29. The largest absolute Gasteiger partial charge is 0.319 e. The lowest BCUT2D eigenvalue weighted by molar-refractivity contribution is -0.113. The average Bonchev–Trinajstić information content (AvgIpc) is 3.26. The minimum atomic E-state index is -0.279. The Kier molecular flexibility index (Phi) is 6.24. The Labute approximate surface area is 196 Å². The van der Waals surface area contributed by atoms with Crippen LogP contribution in [-0.4, -0.2) is 35.8 Å². The minimum absolute atomic E-state index is 0.0993. The third-order valence-electron chi connectivity index (χ3n) is 5.55. The lowest BCUT2D eigenvalue weighted by Crippen LogP contribution is -2.23.